The van der Waals surface area contributed by atoms with E-state index in [9.17, 15) is 5.11 Å². The summed E-state index contributed by atoms with van der Waals surface area (Å²) in [4.78, 5) is 4.51. The summed E-state index contributed by atoms with van der Waals surface area (Å²) in [6, 6.07) is 11.2. The molecule has 1 aromatic heterocycles. The normalized spacial score (nSPS) is 22.2. The first-order chi connectivity index (χ1) is 15.0. The van der Waals surface area contributed by atoms with Crippen LogP contribution < -0.4 is 16.0 Å². The fourth-order valence-corrected chi connectivity index (χ4v) is 4.35. The molecule has 2 aliphatic carbocycles. The summed E-state index contributed by atoms with van der Waals surface area (Å²) < 4.78 is 5.12. The summed E-state index contributed by atoms with van der Waals surface area (Å²) in [5.41, 5.74) is 2.45. The quantitative estimate of drug-likeness (QED) is 0.409. The molecule has 1 aromatic carbocycles. The van der Waals surface area contributed by atoms with Crippen LogP contribution in [0.1, 0.15) is 38.5 Å². The van der Waals surface area contributed by atoms with Gasteiger partial charge in [-0.25, -0.2) is 4.98 Å². The minimum Gasteiger partial charge on any atom is -0.388 e. The van der Waals surface area contributed by atoms with Crippen molar-refractivity contribution in [2.75, 3.05) is 37.4 Å². The van der Waals surface area contributed by atoms with Crippen LogP contribution >= 0.6 is 11.6 Å². The molecule has 0 atom stereocenters. The smallest absolute Gasteiger partial charge is 0.126 e. The molecule has 0 bridgehead atoms. The Kier molecular flexibility index (Phi) is 7.33. The molecule has 2 saturated carbocycles. The van der Waals surface area contributed by atoms with Crippen molar-refractivity contribution in [3.63, 3.8) is 0 Å². The average Bonchev–Trinajstić information content (AvgIpc) is 3.53. The molecule has 7 heteroatoms. The maximum absolute atomic E-state index is 10.1. The van der Waals surface area contributed by atoms with Crippen LogP contribution in [0.3, 0.4) is 0 Å². The molecule has 0 saturated heterocycles. The zero-order valence-electron chi connectivity index (χ0n) is 18.2. The largest absolute Gasteiger partial charge is 0.388 e. The highest BCUT2D eigenvalue weighted by molar-refractivity contribution is 6.33. The molecule has 2 fully saturated rings. The summed E-state index contributed by atoms with van der Waals surface area (Å²) in [5, 5.41) is 21.2. The van der Waals surface area contributed by atoms with Crippen molar-refractivity contribution in [3.8, 4) is 11.1 Å². The number of aliphatic hydroxyl groups is 1. The third-order valence-electron chi connectivity index (χ3n) is 6.30. The Bertz CT molecular complexity index is 866. The summed E-state index contributed by atoms with van der Waals surface area (Å²) in [5.74, 6) is 0.862. The van der Waals surface area contributed by atoms with Crippen LogP contribution in [-0.2, 0) is 4.74 Å². The molecule has 4 rings (SSSR count). The van der Waals surface area contributed by atoms with E-state index in [0.29, 0.717) is 23.7 Å². The van der Waals surface area contributed by atoms with E-state index >= 15 is 0 Å². The Morgan fingerprint density at radius 3 is 2.68 bits per heavy atom. The van der Waals surface area contributed by atoms with E-state index in [1.807, 2.05) is 18.2 Å². The second-order valence-corrected chi connectivity index (χ2v) is 9.26. The number of ether oxygens (including phenoxy) is 1. The second kappa shape index (κ2) is 10.2. The third kappa shape index (κ3) is 6.32. The van der Waals surface area contributed by atoms with Gasteiger partial charge in [0.15, 0.2) is 0 Å². The number of rotatable bonds is 10. The maximum Gasteiger partial charge on any atom is 0.126 e. The van der Waals surface area contributed by atoms with Gasteiger partial charge in [-0.1, -0.05) is 23.7 Å². The van der Waals surface area contributed by atoms with Crippen molar-refractivity contribution >= 4 is 23.1 Å². The molecular formula is C24H33ClN4O2. The zero-order valence-corrected chi connectivity index (χ0v) is 18.9. The van der Waals surface area contributed by atoms with Crippen molar-refractivity contribution in [3.05, 3.63) is 41.6 Å². The van der Waals surface area contributed by atoms with Crippen molar-refractivity contribution in [2.24, 2.45) is 0 Å². The number of halogens is 1. The number of pyridine rings is 1. The van der Waals surface area contributed by atoms with Gasteiger partial charge in [0.05, 0.1) is 17.2 Å². The minimum atomic E-state index is -0.528. The van der Waals surface area contributed by atoms with Gasteiger partial charge in [-0.15, -0.1) is 0 Å². The molecule has 0 radical (unpaired) electrons. The van der Waals surface area contributed by atoms with Gasteiger partial charge in [-0.3, -0.25) is 0 Å². The number of aromatic nitrogens is 1. The molecule has 2 aromatic rings. The summed E-state index contributed by atoms with van der Waals surface area (Å²) >= 11 is 6.50. The van der Waals surface area contributed by atoms with E-state index in [2.05, 4.69) is 33.1 Å². The Morgan fingerprint density at radius 1 is 1.16 bits per heavy atom. The molecule has 31 heavy (non-hydrogen) atoms. The Morgan fingerprint density at radius 2 is 1.94 bits per heavy atom. The maximum atomic E-state index is 10.1. The summed E-state index contributed by atoms with van der Waals surface area (Å²) in [7, 11) is 1.74. The van der Waals surface area contributed by atoms with Gasteiger partial charge in [-0.05, 0) is 62.3 Å². The van der Waals surface area contributed by atoms with Crippen LogP contribution in [-0.4, -0.2) is 54.6 Å². The molecule has 4 N–H and O–H groups in total. The van der Waals surface area contributed by atoms with Crippen molar-refractivity contribution in [1.29, 1.82) is 0 Å². The van der Waals surface area contributed by atoms with Crippen molar-refractivity contribution in [2.45, 2.75) is 56.2 Å². The van der Waals surface area contributed by atoms with Gasteiger partial charge in [0, 0.05) is 49.7 Å². The molecule has 168 valence electrons. The van der Waals surface area contributed by atoms with E-state index in [1.165, 1.54) is 0 Å². The monoisotopic (exact) mass is 444 g/mol. The highest BCUT2D eigenvalue weighted by Crippen LogP contribution is 2.36. The third-order valence-corrected chi connectivity index (χ3v) is 6.60. The van der Waals surface area contributed by atoms with Gasteiger partial charge in [0.25, 0.3) is 0 Å². The topological polar surface area (TPSA) is 78.4 Å². The van der Waals surface area contributed by atoms with Crippen LogP contribution in [0.2, 0.25) is 5.02 Å². The van der Waals surface area contributed by atoms with E-state index in [-0.39, 0.29) is 0 Å². The number of benzene rings is 1. The fourth-order valence-electron chi connectivity index (χ4n) is 4.14. The minimum absolute atomic E-state index is 0.425. The fraction of sp³-hybridized carbons (Fsp3) is 0.542. The van der Waals surface area contributed by atoms with E-state index in [0.717, 1.165) is 74.3 Å². The lowest BCUT2D eigenvalue weighted by Gasteiger charge is -2.30. The number of nitrogens with zero attached hydrogens (tertiary/aromatic N) is 1. The van der Waals surface area contributed by atoms with Gasteiger partial charge in [0.1, 0.15) is 5.82 Å². The molecule has 0 amide bonds. The molecule has 0 spiro atoms. The highest BCUT2D eigenvalue weighted by atomic mass is 35.5. The first kappa shape index (κ1) is 22.3. The second-order valence-electron chi connectivity index (χ2n) is 8.85. The van der Waals surface area contributed by atoms with Crippen molar-refractivity contribution < 1.29 is 9.84 Å². The van der Waals surface area contributed by atoms with Crippen LogP contribution in [0.25, 0.3) is 11.1 Å². The van der Waals surface area contributed by atoms with Crippen LogP contribution in [0.5, 0.6) is 0 Å². The Labute approximate surface area is 189 Å². The predicted molar refractivity (Wildman–Crippen MR) is 127 cm³/mol. The molecular weight excluding hydrogens is 412 g/mol. The first-order valence-corrected chi connectivity index (χ1v) is 11.6. The molecule has 0 unspecified atom stereocenters. The summed E-state index contributed by atoms with van der Waals surface area (Å²) in [6.07, 6.45) is 8.01. The van der Waals surface area contributed by atoms with Crippen LogP contribution in [0.4, 0.5) is 11.5 Å². The van der Waals surface area contributed by atoms with Crippen LogP contribution in [0, 0.1) is 0 Å². The number of hydrogen-bond acceptors (Lipinski definition) is 6. The molecule has 6 nitrogen and oxygen atoms in total. The first-order valence-electron chi connectivity index (χ1n) is 11.3. The lowest BCUT2D eigenvalue weighted by molar-refractivity contribution is 0.164. The van der Waals surface area contributed by atoms with E-state index in [1.54, 1.807) is 13.3 Å². The predicted octanol–water partition coefficient (Wildman–Crippen LogP) is 4.30. The SMILES string of the molecule is COCCNC1CCC(Nc2cc(-c3cccc(NCC4(O)CC4)c3)c(Cl)cn2)CC1. The van der Waals surface area contributed by atoms with Gasteiger partial charge < -0.3 is 25.8 Å². The van der Waals surface area contributed by atoms with Gasteiger partial charge in [-0.2, -0.15) is 0 Å². The van der Waals surface area contributed by atoms with Crippen LogP contribution in [0.15, 0.2) is 36.5 Å². The number of nitrogens with one attached hydrogen (secondary N) is 3. The van der Waals surface area contributed by atoms with E-state index in [4.69, 9.17) is 16.3 Å². The van der Waals surface area contributed by atoms with E-state index < -0.39 is 5.60 Å². The number of hydrogen-bond donors (Lipinski definition) is 4. The average molecular weight is 445 g/mol. The molecule has 1 heterocycles. The zero-order chi connectivity index (χ0) is 21.7. The standard InChI is InChI=1S/C24H33ClN4O2/c1-31-12-11-26-18-5-7-19(8-6-18)29-23-14-21(22(25)15-27-23)17-3-2-4-20(13-17)28-16-24(30)9-10-24/h2-4,13-15,18-19,26,28,30H,5-12,16H2,1H3,(H,27,29). The van der Waals surface area contributed by atoms with Crippen molar-refractivity contribution in [1.82, 2.24) is 10.3 Å². The van der Waals surface area contributed by atoms with Gasteiger partial charge in [0.2, 0.25) is 0 Å². The lowest BCUT2D eigenvalue weighted by Crippen LogP contribution is -2.38. The number of anilines is 2. The molecule has 2 aliphatic rings. The number of methoxy groups -OCH3 is 1. The van der Waals surface area contributed by atoms with Gasteiger partial charge >= 0.3 is 0 Å². The Hall–Kier alpha value is -1.86. The Balaban J connectivity index is 1.36. The lowest BCUT2D eigenvalue weighted by atomic mass is 9.91. The molecule has 0 aliphatic heterocycles. The highest BCUT2D eigenvalue weighted by Gasteiger charge is 2.39. The summed E-state index contributed by atoms with van der Waals surface area (Å²) in [6.45, 7) is 2.25.